The van der Waals surface area contributed by atoms with Crippen molar-refractivity contribution in [3.8, 4) is 5.75 Å². The fraction of sp³-hybridized carbons (Fsp3) is 0.562. The van der Waals surface area contributed by atoms with Crippen LogP contribution in [0.25, 0.3) is 0 Å². The summed E-state index contributed by atoms with van der Waals surface area (Å²) in [6, 6.07) is 5.20. The first kappa shape index (κ1) is 15.5. The van der Waals surface area contributed by atoms with Gasteiger partial charge in [-0.05, 0) is 45.4 Å². The predicted octanol–water partition coefficient (Wildman–Crippen LogP) is 2.59. The van der Waals surface area contributed by atoms with Gasteiger partial charge in [0.25, 0.3) is 0 Å². The Morgan fingerprint density at radius 3 is 2.86 bits per heavy atom. The highest BCUT2D eigenvalue weighted by Gasteiger charge is 2.33. The fourth-order valence-electron chi connectivity index (χ4n) is 2.61. The molecule has 0 fully saturated rings. The largest absolute Gasteiger partial charge is 0.487 e. The highest BCUT2D eigenvalue weighted by atomic mass is 16.5. The summed E-state index contributed by atoms with van der Waals surface area (Å²) in [7, 11) is 0. The molecule has 1 aromatic carbocycles. The maximum Gasteiger partial charge on any atom is 0.329 e. The predicted molar refractivity (Wildman–Crippen MR) is 83.6 cm³/mol. The number of anilines is 2. The van der Waals surface area contributed by atoms with Gasteiger partial charge in [0.1, 0.15) is 17.9 Å². The molecule has 1 aliphatic heterocycles. The molecule has 2 N–H and O–H groups in total. The molecule has 2 rings (SSSR count). The van der Waals surface area contributed by atoms with Gasteiger partial charge in [-0.25, -0.2) is 4.79 Å². The summed E-state index contributed by atoms with van der Waals surface area (Å²) in [5, 5.41) is 0. The third-order valence-electron chi connectivity index (χ3n) is 3.46. The molecule has 116 valence electrons. The molecule has 1 heterocycles. The highest BCUT2D eigenvalue weighted by molar-refractivity contribution is 5.82. The minimum absolute atomic E-state index is 0.0158. The normalized spacial score (nSPS) is 18.9. The highest BCUT2D eigenvalue weighted by Crippen LogP contribution is 2.37. The number of hydrogen-bond acceptors (Lipinski definition) is 5. The Balaban J connectivity index is 2.33. The number of esters is 1. The number of rotatable bonds is 4. The second-order valence-corrected chi connectivity index (χ2v) is 5.72. The van der Waals surface area contributed by atoms with Gasteiger partial charge < -0.3 is 20.1 Å². The first-order valence-electron chi connectivity index (χ1n) is 7.45. The molecule has 0 amide bonds. The van der Waals surface area contributed by atoms with E-state index in [1.165, 1.54) is 0 Å². The lowest BCUT2D eigenvalue weighted by Crippen LogP contribution is -2.49. The number of benzene rings is 1. The van der Waals surface area contributed by atoms with Crippen molar-refractivity contribution >= 4 is 17.3 Å². The average Bonchev–Trinajstić information content (AvgIpc) is 2.39. The summed E-state index contributed by atoms with van der Waals surface area (Å²) in [6.45, 7) is 8.34. The Hall–Kier alpha value is -1.91. The van der Waals surface area contributed by atoms with Crippen LogP contribution in [0.15, 0.2) is 18.2 Å². The van der Waals surface area contributed by atoms with Crippen LogP contribution >= 0.6 is 0 Å². The molecule has 0 saturated carbocycles. The number of nitrogens with two attached hydrogens (primary N) is 1. The minimum Gasteiger partial charge on any atom is -0.487 e. The van der Waals surface area contributed by atoms with Crippen LogP contribution in [0.4, 0.5) is 11.4 Å². The van der Waals surface area contributed by atoms with E-state index in [0.29, 0.717) is 18.7 Å². The minimum atomic E-state index is -0.320. The molecule has 0 bridgehead atoms. The summed E-state index contributed by atoms with van der Waals surface area (Å²) >= 11 is 0. The molecule has 21 heavy (non-hydrogen) atoms. The van der Waals surface area contributed by atoms with Crippen molar-refractivity contribution in [2.75, 3.05) is 17.2 Å². The van der Waals surface area contributed by atoms with Crippen molar-refractivity contribution in [1.29, 1.82) is 0 Å². The summed E-state index contributed by atoms with van der Waals surface area (Å²) in [4.78, 5) is 14.4. The van der Waals surface area contributed by atoms with Gasteiger partial charge in [-0.15, -0.1) is 0 Å². The monoisotopic (exact) mass is 292 g/mol. The third-order valence-corrected chi connectivity index (χ3v) is 3.46. The number of carbonyl (C=O) groups is 1. The molecule has 2 unspecified atom stereocenters. The summed E-state index contributed by atoms with van der Waals surface area (Å²) in [5.74, 6) is 0.564. The van der Waals surface area contributed by atoms with E-state index in [2.05, 4.69) is 0 Å². The van der Waals surface area contributed by atoms with Crippen molar-refractivity contribution in [1.82, 2.24) is 0 Å². The van der Waals surface area contributed by atoms with E-state index in [0.717, 1.165) is 11.4 Å². The first-order chi connectivity index (χ1) is 9.92. The van der Waals surface area contributed by atoms with Gasteiger partial charge in [0.15, 0.2) is 0 Å². The van der Waals surface area contributed by atoms with E-state index in [-0.39, 0.29) is 24.2 Å². The standard InChI is InChI=1S/C16H24N2O3/c1-5-13(16(19)20-10(2)3)18-9-11(4)21-15-7-6-12(17)8-14(15)18/h6-8,10-11,13H,5,9,17H2,1-4H3. The van der Waals surface area contributed by atoms with Crippen LogP contribution in [0.1, 0.15) is 34.1 Å². The Labute approximate surface area is 126 Å². The van der Waals surface area contributed by atoms with E-state index in [4.69, 9.17) is 15.2 Å². The van der Waals surface area contributed by atoms with E-state index < -0.39 is 0 Å². The second-order valence-electron chi connectivity index (χ2n) is 5.72. The number of hydrogen-bond donors (Lipinski definition) is 1. The van der Waals surface area contributed by atoms with E-state index in [9.17, 15) is 4.79 Å². The van der Waals surface area contributed by atoms with Crippen molar-refractivity contribution in [3.63, 3.8) is 0 Å². The van der Waals surface area contributed by atoms with Crippen LogP contribution < -0.4 is 15.4 Å². The van der Waals surface area contributed by atoms with Gasteiger partial charge in [0, 0.05) is 5.69 Å². The lowest BCUT2D eigenvalue weighted by molar-refractivity contribution is -0.149. The molecule has 0 aromatic heterocycles. The van der Waals surface area contributed by atoms with Crippen LogP contribution in [0.2, 0.25) is 0 Å². The molecule has 0 radical (unpaired) electrons. The zero-order chi connectivity index (χ0) is 15.6. The van der Waals surface area contributed by atoms with Gasteiger partial charge in [-0.1, -0.05) is 6.92 Å². The van der Waals surface area contributed by atoms with Gasteiger partial charge in [-0.3, -0.25) is 0 Å². The summed E-state index contributed by atoms with van der Waals surface area (Å²) in [5.41, 5.74) is 7.40. The van der Waals surface area contributed by atoms with E-state index >= 15 is 0 Å². The molecule has 0 spiro atoms. The lowest BCUT2D eigenvalue weighted by atomic mass is 10.1. The van der Waals surface area contributed by atoms with E-state index in [1.54, 1.807) is 0 Å². The van der Waals surface area contributed by atoms with Gasteiger partial charge in [0.2, 0.25) is 0 Å². The molecule has 5 heteroatoms. The molecular formula is C16H24N2O3. The SMILES string of the molecule is CCC(C(=O)OC(C)C)N1CC(C)Oc2ccc(N)cc21. The van der Waals surface area contributed by atoms with Gasteiger partial charge in [-0.2, -0.15) is 0 Å². The van der Waals surface area contributed by atoms with Gasteiger partial charge in [0.05, 0.1) is 18.3 Å². The molecular weight excluding hydrogens is 268 g/mol. The zero-order valence-electron chi connectivity index (χ0n) is 13.1. The van der Waals surface area contributed by atoms with Crippen molar-refractivity contribution in [2.45, 2.75) is 52.4 Å². The van der Waals surface area contributed by atoms with Crippen LogP contribution in [0.5, 0.6) is 5.75 Å². The molecule has 2 atom stereocenters. The maximum absolute atomic E-state index is 12.3. The Kier molecular flexibility index (Phi) is 4.60. The fourth-order valence-corrected chi connectivity index (χ4v) is 2.61. The third kappa shape index (κ3) is 3.40. The molecule has 1 aliphatic rings. The first-order valence-corrected chi connectivity index (χ1v) is 7.45. The number of carbonyl (C=O) groups excluding carboxylic acids is 1. The number of nitrogens with zero attached hydrogens (tertiary/aromatic N) is 1. The second kappa shape index (κ2) is 6.24. The molecule has 1 aromatic rings. The average molecular weight is 292 g/mol. The number of nitrogen functional groups attached to an aromatic ring is 1. The van der Waals surface area contributed by atoms with Crippen LogP contribution in [0, 0.1) is 0 Å². The Morgan fingerprint density at radius 1 is 1.52 bits per heavy atom. The molecule has 0 aliphatic carbocycles. The topological polar surface area (TPSA) is 64.8 Å². The Bertz CT molecular complexity index is 516. The van der Waals surface area contributed by atoms with E-state index in [1.807, 2.05) is 50.8 Å². The van der Waals surface area contributed by atoms with Crippen LogP contribution in [-0.2, 0) is 9.53 Å². The van der Waals surface area contributed by atoms with Gasteiger partial charge >= 0.3 is 5.97 Å². The number of fused-ring (bicyclic) bond motifs is 1. The zero-order valence-corrected chi connectivity index (χ0v) is 13.1. The number of ether oxygens (including phenoxy) is 2. The summed E-state index contributed by atoms with van der Waals surface area (Å²) < 4.78 is 11.2. The van der Waals surface area contributed by atoms with Crippen LogP contribution in [-0.4, -0.2) is 30.8 Å². The lowest BCUT2D eigenvalue weighted by Gasteiger charge is -2.39. The Morgan fingerprint density at radius 2 is 2.24 bits per heavy atom. The molecule has 0 saturated heterocycles. The quantitative estimate of drug-likeness (QED) is 0.682. The smallest absolute Gasteiger partial charge is 0.329 e. The van der Waals surface area contributed by atoms with Crippen molar-refractivity contribution in [3.05, 3.63) is 18.2 Å². The molecule has 5 nitrogen and oxygen atoms in total. The summed E-state index contributed by atoms with van der Waals surface area (Å²) in [6.07, 6.45) is 0.569. The van der Waals surface area contributed by atoms with Crippen molar-refractivity contribution < 1.29 is 14.3 Å². The van der Waals surface area contributed by atoms with Crippen molar-refractivity contribution in [2.24, 2.45) is 0 Å². The maximum atomic E-state index is 12.3. The van der Waals surface area contributed by atoms with Crippen LogP contribution in [0.3, 0.4) is 0 Å².